The lowest BCUT2D eigenvalue weighted by Crippen LogP contribution is -2.53. The highest BCUT2D eigenvalue weighted by atomic mass is 16.5. The van der Waals surface area contributed by atoms with Crippen molar-refractivity contribution >= 4 is 11.8 Å². The van der Waals surface area contributed by atoms with Gasteiger partial charge < -0.3 is 15.0 Å². The second kappa shape index (κ2) is 11.7. The van der Waals surface area contributed by atoms with Crippen LogP contribution < -0.4 is 10.1 Å². The third-order valence-corrected chi connectivity index (χ3v) is 7.49. The predicted molar refractivity (Wildman–Crippen MR) is 137 cm³/mol. The number of ether oxygens (including phenoxy) is 1. The highest BCUT2D eigenvalue weighted by Gasteiger charge is 2.42. The number of rotatable bonds is 4. The van der Waals surface area contributed by atoms with Crippen LogP contribution in [0.25, 0.3) is 0 Å². The van der Waals surface area contributed by atoms with Crippen LogP contribution in [-0.2, 0) is 22.4 Å². The second-order valence-electron chi connectivity index (χ2n) is 10.6. The smallest absolute Gasteiger partial charge is 0.227 e. The SMILES string of the molecule is CC(C)C[C@H]1COc2ccccc2CCCCC2(CCN(C(=O)Cc3cccnc3)CC2)C(=O)N1. The Hall–Kier alpha value is -2.89. The van der Waals surface area contributed by atoms with Crippen LogP contribution in [0.5, 0.6) is 5.75 Å². The summed E-state index contributed by atoms with van der Waals surface area (Å²) in [5, 5.41) is 3.37. The van der Waals surface area contributed by atoms with Crippen LogP contribution in [-0.4, -0.2) is 47.4 Å². The normalized spacial score (nSPS) is 20.8. The van der Waals surface area contributed by atoms with Crippen molar-refractivity contribution in [3.63, 3.8) is 0 Å². The van der Waals surface area contributed by atoms with Gasteiger partial charge in [-0.1, -0.05) is 44.5 Å². The molecule has 0 bridgehead atoms. The van der Waals surface area contributed by atoms with Gasteiger partial charge in [-0.05, 0) is 67.7 Å². The van der Waals surface area contributed by atoms with Gasteiger partial charge in [-0.15, -0.1) is 0 Å². The maximum Gasteiger partial charge on any atom is 0.227 e. The third kappa shape index (κ3) is 6.62. The van der Waals surface area contributed by atoms with Gasteiger partial charge in [0.05, 0.1) is 17.9 Å². The first kappa shape index (κ1) is 25.2. The quantitative estimate of drug-likeness (QED) is 0.700. The van der Waals surface area contributed by atoms with Crippen LogP contribution in [0.2, 0.25) is 0 Å². The molecule has 2 aromatic rings. The third-order valence-electron chi connectivity index (χ3n) is 7.49. The fraction of sp³-hybridized carbons (Fsp3) is 0.552. The van der Waals surface area contributed by atoms with E-state index >= 15 is 0 Å². The zero-order valence-corrected chi connectivity index (χ0v) is 21.2. The summed E-state index contributed by atoms with van der Waals surface area (Å²) < 4.78 is 6.23. The van der Waals surface area contributed by atoms with E-state index in [1.165, 1.54) is 5.56 Å². The monoisotopic (exact) mass is 477 g/mol. The number of pyridine rings is 1. The Morgan fingerprint density at radius 3 is 2.69 bits per heavy atom. The average Bonchev–Trinajstić information content (AvgIpc) is 2.85. The lowest BCUT2D eigenvalue weighted by molar-refractivity contribution is -0.141. The molecule has 35 heavy (non-hydrogen) atoms. The summed E-state index contributed by atoms with van der Waals surface area (Å²) >= 11 is 0. The lowest BCUT2D eigenvalue weighted by Gasteiger charge is -2.42. The van der Waals surface area contributed by atoms with E-state index in [1.54, 1.807) is 12.4 Å². The Labute approximate surface area is 209 Å². The van der Waals surface area contributed by atoms with E-state index in [0.717, 1.165) is 43.4 Å². The summed E-state index contributed by atoms with van der Waals surface area (Å²) in [5.74, 6) is 1.64. The number of carbonyl (C=O) groups excluding carboxylic acids is 2. The molecular formula is C29H39N3O3. The molecule has 0 unspecified atom stereocenters. The molecule has 4 rings (SSSR count). The van der Waals surface area contributed by atoms with Gasteiger partial charge >= 0.3 is 0 Å². The maximum atomic E-state index is 13.7. The number of carbonyl (C=O) groups is 2. The predicted octanol–water partition coefficient (Wildman–Crippen LogP) is 4.57. The van der Waals surface area contributed by atoms with E-state index in [1.807, 2.05) is 29.2 Å². The Bertz CT molecular complexity index is 984. The summed E-state index contributed by atoms with van der Waals surface area (Å²) in [6.07, 6.45) is 9.96. The number of nitrogens with zero attached hydrogens (tertiary/aromatic N) is 2. The molecule has 0 aliphatic carbocycles. The van der Waals surface area contributed by atoms with Crippen LogP contribution in [0, 0.1) is 11.3 Å². The molecule has 2 amide bonds. The molecule has 3 heterocycles. The second-order valence-corrected chi connectivity index (χ2v) is 10.6. The van der Waals surface area contributed by atoms with Gasteiger partial charge in [0.1, 0.15) is 12.4 Å². The van der Waals surface area contributed by atoms with E-state index < -0.39 is 5.41 Å². The molecule has 1 fully saturated rings. The number of hydrogen-bond acceptors (Lipinski definition) is 4. The molecular weight excluding hydrogens is 438 g/mol. The van der Waals surface area contributed by atoms with Crippen LogP contribution in [0.4, 0.5) is 0 Å². The molecule has 1 saturated heterocycles. The number of piperidine rings is 1. The minimum atomic E-state index is -0.418. The summed E-state index contributed by atoms with van der Waals surface area (Å²) in [4.78, 5) is 32.7. The van der Waals surface area contributed by atoms with Crippen molar-refractivity contribution in [2.45, 2.75) is 71.3 Å². The number of fused-ring (bicyclic) bond motifs is 1. The zero-order valence-electron chi connectivity index (χ0n) is 21.2. The van der Waals surface area contributed by atoms with E-state index in [2.05, 4.69) is 36.3 Å². The van der Waals surface area contributed by atoms with Crippen molar-refractivity contribution in [3.05, 3.63) is 59.9 Å². The number of likely N-dealkylation sites (tertiary alicyclic amines) is 1. The number of aromatic nitrogens is 1. The summed E-state index contributed by atoms with van der Waals surface area (Å²) in [6, 6.07) is 12.0. The number of nitrogens with one attached hydrogen (secondary N) is 1. The molecule has 1 N–H and O–H groups in total. The van der Waals surface area contributed by atoms with Gasteiger partial charge in [-0.25, -0.2) is 0 Å². The first-order valence-electron chi connectivity index (χ1n) is 13.1. The first-order chi connectivity index (χ1) is 16.9. The van der Waals surface area contributed by atoms with Gasteiger partial charge in [0.25, 0.3) is 0 Å². The molecule has 188 valence electrons. The topological polar surface area (TPSA) is 71.5 Å². The standard InChI is InChI=1S/C29H39N3O3/c1-22(2)18-25-21-35-26-11-4-3-9-24(26)10-5-6-12-29(28(34)31-25)13-16-32(17-14-29)27(33)19-23-8-7-15-30-20-23/h3-4,7-9,11,15,20,22,25H,5-6,10,12-14,16-19,21H2,1-2H3,(H,31,34)/t25-/m0/s1. The maximum absolute atomic E-state index is 13.7. The molecule has 2 aliphatic rings. The molecule has 0 radical (unpaired) electrons. The van der Waals surface area contributed by atoms with Crippen molar-refractivity contribution in [3.8, 4) is 5.75 Å². The minimum Gasteiger partial charge on any atom is -0.491 e. The van der Waals surface area contributed by atoms with Crippen molar-refractivity contribution in [2.24, 2.45) is 11.3 Å². The molecule has 1 aromatic heterocycles. The van der Waals surface area contributed by atoms with Crippen molar-refractivity contribution in [1.29, 1.82) is 0 Å². The van der Waals surface area contributed by atoms with Crippen molar-refractivity contribution in [2.75, 3.05) is 19.7 Å². The summed E-state index contributed by atoms with van der Waals surface area (Å²) in [7, 11) is 0. The molecule has 2 aliphatic heterocycles. The number of para-hydroxylation sites is 1. The lowest BCUT2D eigenvalue weighted by atomic mass is 9.73. The Morgan fingerprint density at radius 1 is 1.14 bits per heavy atom. The summed E-state index contributed by atoms with van der Waals surface area (Å²) in [5.41, 5.74) is 1.75. The van der Waals surface area contributed by atoms with Gasteiger partial charge in [0.2, 0.25) is 11.8 Å². The fourth-order valence-corrected chi connectivity index (χ4v) is 5.46. The van der Waals surface area contributed by atoms with Crippen molar-refractivity contribution in [1.82, 2.24) is 15.2 Å². The Kier molecular flexibility index (Phi) is 8.42. The zero-order chi connectivity index (χ0) is 24.7. The molecule has 1 aromatic carbocycles. The average molecular weight is 478 g/mol. The fourth-order valence-electron chi connectivity index (χ4n) is 5.46. The molecule has 1 atom stereocenters. The van der Waals surface area contributed by atoms with E-state index in [-0.39, 0.29) is 17.9 Å². The minimum absolute atomic E-state index is 0.0305. The molecule has 0 saturated carbocycles. The highest BCUT2D eigenvalue weighted by molar-refractivity contribution is 5.84. The van der Waals surface area contributed by atoms with Gasteiger partial charge in [-0.2, -0.15) is 0 Å². The molecule has 6 nitrogen and oxygen atoms in total. The van der Waals surface area contributed by atoms with Crippen LogP contribution in [0.15, 0.2) is 48.8 Å². The van der Waals surface area contributed by atoms with Gasteiger partial charge in [0.15, 0.2) is 0 Å². The van der Waals surface area contributed by atoms with E-state index in [0.29, 0.717) is 44.9 Å². The number of benzene rings is 1. The van der Waals surface area contributed by atoms with Gasteiger partial charge in [0, 0.05) is 25.5 Å². The van der Waals surface area contributed by atoms with Crippen molar-refractivity contribution < 1.29 is 14.3 Å². The first-order valence-corrected chi connectivity index (χ1v) is 13.1. The number of aryl methyl sites for hydroxylation is 1. The number of amides is 2. The number of hydrogen-bond donors (Lipinski definition) is 1. The molecule has 1 spiro atoms. The molecule has 6 heteroatoms. The Morgan fingerprint density at radius 2 is 1.94 bits per heavy atom. The van der Waals surface area contributed by atoms with Gasteiger partial charge in [-0.3, -0.25) is 14.6 Å². The summed E-state index contributed by atoms with van der Waals surface area (Å²) in [6.45, 7) is 6.09. The van der Waals surface area contributed by atoms with E-state index in [9.17, 15) is 9.59 Å². The largest absolute Gasteiger partial charge is 0.491 e. The van der Waals surface area contributed by atoms with Crippen LogP contribution in [0.1, 0.15) is 63.5 Å². The van der Waals surface area contributed by atoms with Crippen LogP contribution in [0.3, 0.4) is 0 Å². The van der Waals surface area contributed by atoms with Crippen LogP contribution >= 0.6 is 0 Å². The van der Waals surface area contributed by atoms with E-state index in [4.69, 9.17) is 4.74 Å². The Balaban J connectivity index is 1.46. The highest BCUT2D eigenvalue weighted by Crippen LogP contribution is 2.38.